The van der Waals surface area contributed by atoms with E-state index in [4.69, 9.17) is 39.6 Å². The number of hydrogen-bond acceptors (Lipinski definition) is 16. The fourth-order valence-electron chi connectivity index (χ4n) is 12.1. The topological polar surface area (TPSA) is 505 Å². The molecule has 32 heteroatoms. The minimum absolute atomic E-state index is 0.0283. The molecule has 7 rings (SSSR count). The molecule has 2 heterocycles. The van der Waals surface area contributed by atoms with Gasteiger partial charge in [-0.15, -0.1) is 0 Å². The lowest BCUT2D eigenvalue weighted by Crippen LogP contribution is -2.61. The number of halogens is 1. The quantitative estimate of drug-likeness (QED) is 0.0143. The van der Waals surface area contributed by atoms with Crippen molar-refractivity contribution in [3.05, 3.63) is 149 Å². The van der Waals surface area contributed by atoms with Crippen molar-refractivity contribution in [3.63, 3.8) is 0 Å². The third-order valence-corrected chi connectivity index (χ3v) is 17.9. The maximum atomic E-state index is 14.9. The fourth-order valence-corrected chi connectivity index (χ4v) is 12.3. The number of hydrogen-bond donors (Lipinski definition) is 19. The van der Waals surface area contributed by atoms with Crippen LogP contribution in [-0.2, 0) is 78.4 Å². The number of aliphatic hydroxyl groups is 1. The number of para-hydroxylation sites is 1. The highest BCUT2D eigenvalue weighted by Gasteiger charge is 2.41. The van der Waals surface area contributed by atoms with Gasteiger partial charge in [0.25, 0.3) is 0 Å². The highest BCUT2D eigenvalue weighted by Crippen LogP contribution is 2.24. The van der Waals surface area contributed by atoms with Crippen molar-refractivity contribution in [2.24, 2.45) is 23.1 Å². The molecule has 105 heavy (non-hydrogen) atoms. The molecule has 0 spiro atoms. The molecule has 22 N–H and O–H groups in total. The molecule has 0 saturated carbocycles. The third-order valence-electron chi connectivity index (χ3n) is 17.6. The van der Waals surface area contributed by atoms with Gasteiger partial charge in [-0.2, -0.15) is 0 Å². The van der Waals surface area contributed by atoms with E-state index in [1.807, 2.05) is 54.6 Å². The molecule has 1 aliphatic rings. The smallest absolute Gasteiger partial charge is 0.249 e. The van der Waals surface area contributed by atoms with Crippen molar-refractivity contribution in [2.75, 3.05) is 26.2 Å². The summed E-state index contributed by atoms with van der Waals surface area (Å²) in [5.74, 6) is -10.3. The summed E-state index contributed by atoms with van der Waals surface area (Å²) in [5.41, 5.74) is 20.6. The van der Waals surface area contributed by atoms with E-state index in [-0.39, 0.29) is 101 Å². The average Bonchev–Trinajstić information content (AvgIpc) is 1.73. The molecule has 10 atom stereocenters. The van der Waals surface area contributed by atoms with E-state index in [0.29, 0.717) is 33.7 Å². The number of carbonyl (C=O) groups is 11. The normalized spacial score (nSPS) is 15.2. The van der Waals surface area contributed by atoms with Gasteiger partial charge in [-0.05, 0) is 128 Å². The molecule has 11 amide bonds. The number of amides is 11. The number of nitrogens with one attached hydrogen (secondary N) is 14. The molecule has 0 radical (unpaired) electrons. The number of phenolic OH excluding ortho intramolecular Hbond substituents is 1. The van der Waals surface area contributed by atoms with Gasteiger partial charge < -0.3 is 90.5 Å². The number of carbonyl (C=O) groups excluding carboxylic acids is 11. The summed E-state index contributed by atoms with van der Waals surface area (Å²) in [7, 11) is 0. The monoisotopic (exact) mass is 1470 g/mol. The number of benzene rings is 5. The first-order chi connectivity index (χ1) is 50.0. The summed E-state index contributed by atoms with van der Waals surface area (Å²) in [6, 6.07) is 18.9. The number of guanidine groups is 2. The number of aromatic nitrogens is 1. The summed E-state index contributed by atoms with van der Waals surface area (Å²) in [6.45, 7) is 5.26. The lowest BCUT2D eigenvalue weighted by molar-refractivity contribution is -0.143. The van der Waals surface area contributed by atoms with Gasteiger partial charge in [0.05, 0.1) is 12.6 Å². The van der Waals surface area contributed by atoms with Crippen LogP contribution in [0.15, 0.2) is 121 Å². The van der Waals surface area contributed by atoms with Crippen molar-refractivity contribution < 1.29 is 63.0 Å². The summed E-state index contributed by atoms with van der Waals surface area (Å²) in [5, 5.41) is 68.2. The maximum Gasteiger partial charge on any atom is 0.249 e. The zero-order valence-electron chi connectivity index (χ0n) is 58.9. The third kappa shape index (κ3) is 25.1. The summed E-state index contributed by atoms with van der Waals surface area (Å²) < 4.78 is 0. The Morgan fingerprint density at radius 2 is 1.09 bits per heavy atom. The Morgan fingerprint density at radius 1 is 0.571 bits per heavy atom. The Bertz CT molecular complexity index is 4080. The van der Waals surface area contributed by atoms with Crippen LogP contribution in [0, 0.1) is 16.7 Å². The number of aromatic amines is 1. The number of likely N-dealkylation sites (tertiary alicyclic amines) is 1. The number of aliphatic hydroxyl groups excluding tert-OH is 1. The maximum absolute atomic E-state index is 14.9. The van der Waals surface area contributed by atoms with E-state index in [0.717, 1.165) is 21.7 Å². The number of imide groups is 1. The van der Waals surface area contributed by atoms with E-state index in [9.17, 15) is 63.0 Å². The predicted molar refractivity (Wildman–Crippen MR) is 394 cm³/mol. The van der Waals surface area contributed by atoms with E-state index in [2.05, 4.69) is 63.5 Å². The first kappa shape index (κ1) is 81.1. The van der Waals surface area contributed by atoms with Crippen LogP contribution in [0.5, 0.6) is 5.75 Å². The molecule has 5 aromatic carbocycles. The van der Waals surface area contributed by atoms with Crippen LogP contribution in [0.2, 0.25) is 5.02 Å². The number of nitrogens with two attached hydrogens (primary N) is 3. The number of H-pyrrole nitrogens is 1. The molecule has 1 aliphatic heterocycles. The second kappa shape index (κ2) is 39.5. The van der Waals surface area contributed by atoms with Gasteiger partial charge in [0.15, 0.2) is 11.9 Å². The standard InChI is InChI=1S/C73H95ClN18O13/c1-40(2)32-56(65(99)86-55(17-10-30-81-73(78)79)71(105)92-31-11-18-61(92)70(104)83-41(3)62(96)91-68(102)57(84-42(4)94)36-45-19-24-46-12-5-6-13-47(46)33-45)88-64(98)54(16-9-29-80-72(76)77)85-66(100)58(35-44-22-27-50(95)28-23-44)89-69(103)60(39-93)90-67(101)59(37-48-38-82-53-15-8-7-14-51(48)53)87-63(97)52(75)34-43-20-25-49(74)26-21-43/h5-8,12-15,19-28,33,38,40-41,52,54-61,82,93,95H,9-11,16-18,29-32,34-37,39,75H2,1-4H3,(H,83,104)(H,84,94)(H,85,100)(H,86,99)(H,87,97)(H,88,98)(H,89,103)(H,90,101)(H4,76,77,80)(H4,78,79,81)(H,91,96,102)/t41-,52-,54-,55+,56+,57-,58+,59-,60+,61+/m1/s1. The molecule has 0 unspecified atom stereocenters. The van der Waals surface area contributed by atoms with Crippen molar-refractivity contribution in [1.29, 1.82) is 10.8 Å². The number of aromatic hydroxyl groups is 1. The van der Waals surface area contributed by atoms with Gasteiger partial charge >= 0.3 is 0 Å². The molecule has 0 bridgehead atoms. The first-order valence-electron chi connectivity index (χ1n) is 34.7. The van der Waals surface area contributed by atoms with Crippen LogP contribution in [0.1, 0.15) is 94.9 Å². The SMILES string of the molecule is CC(=O)N[C@H](Cc1ccc2ccccc2c1)C(=O)NC(=O)[C@@H](C)NC(=O)[C@@H]1CCCN1C(=O)[C@H](CCCNC(=N)N)NC(=O)[C@H](CC(C)C)NC(=O)[C@@H](CCCNC(=N)N)NC(=O)[C@H](Cc1ccc(O)cc1)NC(=O)[C@H](CO)NC(=O)[C@@H](Cc1c[nH]c2ccccc12)NC(=O)[C@H](N)Cc1ccc(Cl)cc1. The van der Waals surface area contributed by atoms with Crippen LogP contribution in [0.3, 0.4) is 0 Å². The molecule has 1 fully saturated rings. The first-order valence-corrected chi connectivity index (χ1v) is 35.1. The van der Waals surface area contributed by atoms with Crippen LogP contribution >= 0.6 is 11.6 Å². The Labute approximate surface area is 612 Å². The van der Waals surface area contributed by atoms with Gasteiger partial charge in [0.1, 0.15) is 60.1 Å². The fraction of sp³-hybridized carbons (Fsp3) is 0.411. The van der Waals surface area contributed by atoms with Crippen LogP contribution in [-0.4, -0.2) is 184 Å². The lowest BCUT2D eigenvalue weighted by Gasteiger charge is -2.31. The summed E-state index contributed by atoms with van der Waals surface area (Å²) in [6.07, 6.45) is 1.80. The molecular formula is C73H95ClN18O13. The zero-order valence-corrected chi connectivity index (χ0v) is 59.7. The Morgan fingerprint density at radius 3 is 1.73 bits per heavy atom. The number of phenols is 1. The number of rotatable bonds is 37. The van der Waals surface area contributed by atoms with E-state index in [1.165, 1.54) is 43.0 Å². The molecule has 6 aromatic rings. The molecule has 1 aromatic heterocycles. The van der Waals surface area contributed by atoms with Crippen molar-refractivity contribution in [3.8, 4) is 5.75 Å². The average molecular weight is 1470 g/mol. The van der Waals surface area contributed by atoms with E-state index in [1.54, 1.807) is 56.4 Å². The van der Waals surface area contributed by atoms with Gasteiger partial charge in [0, 0.05) is 67.9 Å². The highest BCUT2D eigenvalue weighted by molar-refractivity contribution is 6.30. The van der Waals surface area contributed by atoms with Crippen LogP contribution < -0.4 is 75.7 Å². The van der Waals surface area contributed by atoms with E-state index < -0.39 is 138 Å². The molecule has 0 aliphatic carbocycles. The van der Waals surface area contributed by atoms with Crippen LogP contribution in [0.25, 0.3) is 21.7 Å². The summed E-state index contributed by atoms with van der Waals surface area (Å²) >= 11 is 6.08. The van der Waals surface area contributed by atoms with Crippen molar-refractivity contribution >= 4 is 110 Å². The second-order valence-corrected chi connectivity index (χ2v) is 26.9. The minimum atomic E-state index is -1.76. The van der Waals surface area contributed by atoms with Crippen molar-refractivity contribution in [2.45, 2.75) is 159 Å². The summed E-state index contributed by atoms with van der Waals surface area (Å²) in [4.78, 5) is 160. The Hall–Kier alpha value is -11.2. The molecule has 1 saturated heterocycles. The zero-order chi connectivity index (χ0) is 76.4. The molecule has 31 nitrogen and oxygen atoms in total. The number of fused-ring (bicyclic) bond motifs is 2. The van der Waals surface area contributed by atoms with Crippen molar-refractivity contribution in [1.82, 2.24) is 68.4 Å². The van der Waals surface area contributed by atoms with Gasteiger partial charge in [-0.25, -0.2) is 0 Å². The van der Waals surface area contributed by atoms with E-state index >= 15 is 0 Å². The van der Waals surface area contributed by atoms with Crippen LogP contribution in [0.4, 0.5) is 0 Å². The van der Waals surface area contributed by atoms with Gasteiger partial charge in [0.2, 0.25) is 65.0 Å². The second-order valence-electron chi connectivity index (χ2n) is 26.4. The highest BCUT2D eigenvalue weighted by atomic mass is 35.5. The van der Waals surface area contributed by atoms with Gasteiger partial charge in [-0.3, -0.25) is 68.9 Å². The largest absolute Gasteiger partial charge is 0.508 e. The molecule has 562 valence electrons. The lowest BCUT2D eigenvalue weighted by atomic mass is 10.00. The predicted octanol–water partition coefficient (Wildman–Crippen LogP) is 0.395. The van der Waals surface area contributed by atoms with Gasteiger partial charge in [-0.1, -0.05) is 110 Å². The Kier molecular flexibility index (Phi) is 30.5. The minimum Gasteiger partial charge on any atom is -0.508 e. The molecular weight excluding hydrogens is 1370 g/mol. The Balaban J connectivity index is 1.07. The number of nitrogens with zero attached hydrogens (tertiary/aromatic N) is 1.